The van der Waals surface area contributed by atoms with Crippen LogP contribution in [-0.2, 0) is 4.79 Å². The number of amides is 1. The van der Waals surface area contributed by atoms with E-state index in [0.717, 1.165) is 32.9 Å². The van der Waals surface area contributed by atoms with Crippen LogP contribution in [0.1, 0.15) is 11.1 Å². The summed E-state index contributed by atoms with van der Waals surface area (Å²) >= 11 is 2.90. The third-order valence-electron chi connectivity index (χ3n) is 5.27. The molecule has 0 aliphatic rings. The highest BCUT2D eigenvalue weighted by Gasteiger charge is 2.14. The SMILES string of the molecule is Cc1ccc(-c2nnc(SCC(=O)Nc3ccc(-c4nc5ccc(C)cc5s4)cc3)n2N)cc1. The molecule has 0 fully saturated rings. The number of carbonyl (C=O) groups excluding carboxylic acids is 1. The Bertz CT molecular complexity index is 1470. The summed E-state index contributed by atoms with van der Waals surface area (Å²) in [4.78, 5) is 17.2. The Balaban J connectivity index is 1.21. The molecule has 0 atom stereocenters. The minimum absolute atomic E-state index is 0.145. The van der Waals surface area contributed by atoms with Gasteiger partial charge in [0.2, 0.25) is 11.1 Å². The Morgan fingerprint density at radius 2 is 1.68 bits per heavy atom. The van der Waals surface area contributed by atoms with Crippen LogP contribution >= 0.6 is 23.1 Å². The van der Waals surface area contributed by atoms with Gasteiger partial charge in [0.25, 0.3) is 0 Å². The van der Waals surface area contributed by atoms with Crippen LogP contribution in [0.2, 0.25) is 0 Å². The fraction of sp³-hybridized carbons (Fsp3) is 0.120. The highest BCUT2D eigenvalue weighted by Crippen LogP contribution is 2.31. The van der Waals surface area contributed by atoms with E-state index in [1.54, 1.807) is 11.3 Å². The molecule has 5 rings (SSSR count). The molecule has 3 aromatic carbocycles. The van der Waals surface area contributed by atoms with Crippen LogP contribution in [0.5, 0.6) is 0 Å². The van der Waals surface area contributed by atoms with Crippen LogP contribution in [0, 0.1) is 13.8 Å². The second-order valence-corrected chi connectivity index (χ2v) is 9.92. The predicted octanol–water partition coefficient (Wildman–Crippen LogP) is 5.28. The number of hydrogen-bond donors (Lipinski definition) is 2. The van der Waals surface area contributed by atoms with Crippen molar-refractivity contribution in [1.82, 2.24) is 19.9 Å². The molecule has 9 heteroatoms. The second-order valence-electron chi connectivity index (χ2n) is 7.95. The van der Waals surface area contributed by atoms with Gasteiger partial charge in [-0.3, -0.25) is 4.79 Å². The Kier molecular flexibility index (Phi) is 6.04. The summed E-state index contributed by atoms with van der Waals surface area (Å²) in [7, 11) is 0. The molecule has 0 radical (unpaired) electrons. The molecule has 0 spiro atoms. The quantitative estimate of drug-likeness (QED) is 0.250. The average Bonchev–Trinajstić information content (AvgIpc) is 3.42. The molecule has 0 bridgehead atoms. The topological polar surface area (TPSA) is 98.7 Å². The summed E-state index contributed by atoms with van der Waals surface area (Å²) in [5, 5.41) is 12.6. The van der Waals surface area contributed by atoms with Crippen LogP contribution in [-0.4, -0.2) is 31.5 Å². The molecule has 0 unspecified atom stereocenters. The first-order valence-corrected chi connectivity index (χ1v) is 12.4. The molecular formula is C25H22N6OS2. The molecule has 7 nitrogen and oxygen atoms in total. The zero-order chi connectivity index (χ0) is 23.7. The normalized spacial score (nSPS) is 11.1. The molecule has 1 amide bonds. The standard InChI is InChI=1S/C25H22N6OS2/c1-15-3-6-17(7-4-15)23-29-30-25(31(23)26)33-14-22(32)27-19-10-8-18(9-11-19)24-28-20-12-5-16(2)13-21(20)34-24/h3-13H,14,26H2,1-2H3,(H,27,32). The molecular weight excluding hydrogens is 464 g/mol. The van der Waals surface area contributed by atoms with Crippen LogP contribution < -0.4 is 11.2 Å². The van der Waals surface area contributed by atoms with Gasteiger partial charge in [0.1, 0.15) is 5.01 Å². The number of nitrogen functional groups attached to an aromatic ring is 1. The minimum atomic E-state index is -0.145. The lowest BCUT2D eigenvalue weighted by atomic mass is 10.1. The lowest BCUT2D eigenvalue weighted by Crippen LogP contribution is -2.16. The lowest BCUT2D eigenvalue weighted by Gasteiger charge is -2.06. The van der Waals surface area contributed by atoms with Crippen molar-refractivity contribution in [3.63, 3.8) is 0 Å². The second kappa shape index (κ2) is 9.28. The number of benzene rings is 3. The number of nitrogens with two attached hydrogens (primary N) is 1. The molecule has 2 heterocycles. The monoisotopic (exact) mass is 486 g/mol. The van der Waals surface area contributed by atoms with Crippen LogP contribution in [0.3, 0.4) is 0 Å². The fourth-order valence-electron chi connectivity index (χ4n) is 3.45. The number of rotatable bonds is 6. The van der Waals surface area contributed by atoms with E-state index in [9.17, 15) is 4.79 Å². The molecule has 2 aromatic heterocycles. The fourth-order valence-corrected chi connectivity index (χ4v) is 5.18. The number of anilines is 1. The lowest BCUT2D eigenvalue weighted by molar-refractivity contribution is -0.113. The summed E-state index contributed by atoms with van der Waals surface area (Å²) < 4.78 is 2.58. The van der Waals surface area contributed by atoms with Gasteiger partial charge in [-0.1, -0.05) is 47.7 Å². The maximum Gasteiger partial charge on any atom is 0.234 e. The van der Waals surface area contributed by atoms with Crippen molar-refractivity contribution in [3.8, 4) is 22.0 Å². The van der Waals surface area contributed by atoms with Crippen molar-refractivity contribution in [2.75, 3.05) is 16.9 Å². The van der Waals surface area contributed by atoms with E-state index in [1.807, 2.05) is 61.5 Å². The van der Waals surface area contributed by atoms with Crippen molar-refractivity contribution in [2.24, 2.45) is 0 Å². The highest BCUT2D eigenvalue weighted by molar-refractivity contribution is 7.99. The van der Waals surface area contributed by atoms with Crippen molar-refractivity contribution >= 4 is 44.9 Å². The number of nitrogens with one attached hydrogen (secondary N) is 1. The first kappa shape index (κ1) is 22.1. The smallest absolute Gasteiger partial charge is 0.234 e. The molecule has 5 aromatic rings. The van der Waals surface area contributed by atoms with Crippen molar-refractivity contribution in [2.45, 2.75) is 19.0 Å². The Hall–Kier alpha value is -3.69. The molecule has 0 aliphatic carbocycles. The zero-order valence-corrected chi connectivity index (χ0v) is 20.3. The first-order chi connectivity index (χ1) is 16.5. The van der Waals surface area contributed by atoms with E-state index in [2.05, 4.69) is 34.6 Å². The number of thiazole rings is 1. The summed E-state index contributed by atoms with van der Waals surface area (Å²) in [6.07, 6.45) is 0. The largest absolute Gasteiger partial charge is 0.335 e. The van der Waals surface area contributed by atoms with E-state index >= 15 is 0 Å². The highest BCUT2D eigenvalue weighted by atomic mass is 32.2. The predicted molar refractivity (Wildman–Crippen MR) is 139 cm³/mol. The first-order valence-electron chi connectivity index (χ1n) is 10.6. The number of fused-ring (bicyclic) bond motifs is 1. The van der Waals surface area contributed by atoms with E-state index in [4.69, 9.17) is 10.8 Å². The Labute approximate surface area is 205 Å². The number of nitrogens with zero attached hydrogens (tertiary/aromatic N) is 4. The van der Waals surface area contributed by atoms with Crippen molar-refractivity contribution in [3.05, 3.63) is 77.9 Å². The third-order valence-corrected chi connectivity index (χ3v) is 7.28. The van der Waals surface area contributed by atoms with E-state index < -0.39 is 0 Å². The number of thioether (sulfide) groups is 1. The minimum Gasteiger partial charge on any atom is -0.335 e. The molecule has 0 saturated heterocycles. The van der Waals surface area contributed by atoms with E-state index in [-0.39, 0.29) is 11.7 Å². The Morgan fingerprint density at radius 3 is 2.44 bits per heavy atom. The molecule has 0 saturated carbocycles. The summed E-state index contributed by atoms with van der Waals surface area (Å²) in [5.41, 5.74) is 5.99. The maximum absolute atomic E-state index is 12.5. The van der Waals surface area contributed by atoms with Gasteiger partial charge in [0, 0.05) is 16.8 Å². The van der Waals surface area contributed by atoms with Gasteiger partial charge in [0.15, 0.2) is 5.82 Å². The number of hydrogen-bond acceptors (Lipinski definition) is 7. The summed E-state index contributed by atoms with van der Waals surface area (Å²) in [6, 6.07) is 21.9. The van der Waals surface area contributed by atoms with Gasteiger partial charge >= 0.3 is 0 Å². The van der Waals surface area contributed by atoms with E-state index in [0.29, 0.717) is 11.0 Å². The molecule has 34 heavy (non-hydrogen) atoms. The van der Waals surface area contributed by atoms with Crippen molar-refractivity contribution in [1.29, 1.82) is 0 Å². The number of carbonyl (C=O) groups is 1. The summed E-state index contributed by atoms with van der Waals surface area (Å²) in [5.74, 6) is 6.74. The van der Waals surface area contributed by atoms with Gasteiger partial charge in [-0.25, -0.2) is 9.66 Å². The third kappa shape index (κ3) is 4.66. The van der Waals surface area contributed by atoms with Crippen LogP contribution in [0.25, 0.3) is 32.2 Å². The maximum atomic E-state index is 12.5. The number of aromatic nitrogens is 4. The van der Waals surface area contributed by atoms with Gasteiger partial charge in [-0.15, -0.1) is 21.5 Å². The molecule has 0 aliphatic heterocycles. The van der Waals surface area contributed by atoms with Crippen LogP contribution in [0.4, 0.5) is 5.69 Å². The molecule has 3 N–H and O–H groups in total. The van der Waals surface area contributed by atoms with Gasteiger partial charge < -0.3 is 11.2 Å². The van der Waals surface area contributed by atoms with Gasteiger partial charge in [-0.2, -0.15) is 0 Å². The Morgan fingerprint density at radius 1 is 0.971 bits per heavy atom. The zero-order valence-electron chi connectivity index (χ0n) is 18.6. The van der Waals surface area contributed by atoms with Crippen molar-refractivity contribution < 1.29 is 4.79 Å². The van der Waals surface area contributed by atoms with Gasteiger partial charge in [-0.05, 0) is 55.8 Å². The molecule has 170 valence electrons. The van der Waals surface area contributed by atoms with E-state index in [1.165, 1.54) is 26.7 Å². The van der Waals surface area contributed by atoms with Crippen LogP contribution in [0.15, 0.2) is 71.9 Å². The number of aryl methyl sites for hydroxylation is 2. The average molecular weight is 487 g/mol. The summed E-state index contributed by atoms with van der Waals surface area (Å²) in [6.45, 7) is 4.10. The van der Waals surface area contributed by atoms with Gasteiger partial charge in [0.05, 0.1) is 16.0 Å².